The molecule has 0 saturated heterocycles. The maximum Gasteiger partial charge on any atom is 0.472 e. The van der Waals surface area contributed by atoms with E-state index in [-0.39, 0.29) is 25.1 Å². The molecular weight excluding hydrogens is 1100 g/mol. The molecule has 3 atom stereocenters. The highest BCUT2D eigenvalue weighted by atomic mass is 31.2. The van der Waals surface area contributed by atoms with Gasteiger partial charge in [0.25, 0.3) is 0 Å². The van der Waals surface area contributed by atoms with E-state index in [0.717, 1.165) is 64.2 Å². The maximum absolute atomic E-state index is 13.7. The number of nitrogens with zero attached hydrogens (tertiary/aromatic N) is 1. The van der Waals surface area contributed by atoms with Gasteiger partial charge in [-0.15, -0.1) is 0 Å². The molecule has 0 saturated carbocycles. The number of quaternary nitrogens is 1. The van der Waals surface area contributed by atoms with Crippen LogP contribution in [0.4, 0.5) is 0 Å². The average Bonchev–Trinajstić information content (AvgIpc) is 3.70. The smallest absolute Gasteiger partial charge is 0.456 e. The molecule has 0 aliphatic heterocycles. The van der Waals surface area contributed by atoms with Gasteiger partial charge in [-0.2, -0.15) is 0 Å². The highest BCUT2D eigenvalue weighted by Gasteiger charge is 2.30. The van der Waals surface area contributed by atoms with E-state index >= 15 is 0 Å². The summed E-state index contributed by atoms with van der Waals surface area (Å²) in [6.45, 7) is 7.05. The number of carbonyl (C=O) groups excluding carboxylic acids is 2. The summed E-state index contributed by atoms with van der Waals surface area (Å²) in [5.41, 5.74) is 0. The largest absolute Gasteiger partial charge is 0.472 e. The summed E-state index contributed by atoms with van der Waals surface area (Å²) in [6.07, 6.45) is 85.6. The predicted molar refractivity (Wildman–Crippen MR) is 379 cm³/mol. The van der Waals surface area contributed by atoms with Crippen molar-refractivity contribution in [2.45, 2.75) is 392 Å². The second-order valence-electron chi connectivity index (χ2n) is 27.2. The normalized spacial score (nSPS) is 13.7. The molecule has 87 heavy (non-hydrogen) atoms. The number of hydrogen-bond acceptors (Lipinski definition) is 6. The molecule has 10 heteroatoms. The number of allylic oxidation sites excluding steroid dienone is 7. The minimum atomic E-state index is -4.46. The van der Waals surface area contributed by atoms with Crippen LogP contribution in [0.5, 0.6) is 0 Å². The lowest BCUT2D eigenvalue weighted by Crippen LogP contribution is -2.47. The van der Waals surface area contributed by atoms with Gasteiger partial charge in [-0.05, 0) is 89.5 Å². The van der Waals surface area contributed by atoms with Gasteiger partial charge in [-0.25, -0.2) is 4.57 Å². The van der Waals surface area contributed by atoms with Crippen molar-refractivity contribution in [1.29, 1.82) is 0 Å². The van der Waals surface area contributed by atoms with Crippen molar-refractivity contribution in [2.75, 3.05) is 40.9 Å². The van der Waals surface area contributed by atoms with Gasteiger partial charge in [-0.1, -0.05) is 327 Å². The number of hydrogen-bond donors (Lipinski definition) is 2. The highest BCUT2D eigenvalue weighted by molar-refractivity contribution is 7.47. The highest BCUT2D eigenvalue weighted by Crippen LogP contribution is 2.43. The molecule has 0 aliphatic carbocycles. The Balaban J connectivity index is 5.01. The topological polar surface area (TPSA) is 111 Å². The van der Waals surface area contributed by atoms with Gasteiger partial charge < -0.3 is 19.4 Å². The molecule has 512 valence electrons. The van der Waals surface area contributed by atoms with E-state index < -0.39 is 20.0 Å². The Hall–Kier alpha value is -2.03. The van der Waals surface area contributed by atoms with Crippen LogP contribution in [0, 0.1) is 0 Å². The van der Waals surface area contributed by atoms with Crippen LogP contribution in [0.1, 0.15) is 380 Å². The van der Waals surface area contributed by atoms with Gasteiger partial charge in [0.15, 0.2) is 0 Å². The predicted octanol–water partition coefficient (Wildman–Crippen LogP) is 24.4. The van der Waals surface area contributed by atoms with Gasteiger partial charge >= 0.3 is 13.8 Å². The summed E-state index contributed by atoms with van der Waals surface area (Å²) in [7, 11) is 1.51. The van der Waals surface area contributed by atoms with E-state index in [9.17, 15) is 19.0 Å². The summed E-state index contributed by atoms with van der Waals surface area (Å²) in [5, 5.41) is 3.08. The first-order valence-corrected chi connectivity index (χ1v) is 39.5. The van der Waals surface area contributed by atoms with Gasteiger partial charge in [0.05, 0.1) is 33.8 Å². The first-order chi connectivity index (χ1) is 42.4. The van der Waals surface area contributed by atoms with Crippen molar-refractivity contribution in [3.05, 3.63) is 48.6 Å². The number of phosphoric ester groups is 1. The van der Waals surface area contributed by atoms with Crippen LogP contribution in [0.2, 0.25) is 0 Å². The van der Waals surface area contributed by atoms with E-state index in [4.69, 9.17) is 13.8 Å². The van der Waals surface area contributed by atoms with Crippen molar-refractivity contribution in [3.63, 3.8) is 0 Å². The minimum Gasteiger partial charge on any atom is -0.456 e. The van der Waals surface area contributed by atoms with Crippen LogP contribution in [-0.2, 0) is 27.9 Å². The molecule has 0 rings (SSSR count). The van der Waals surface area contributed by atoms with Crippen LogP contribution in [-0.4, -0.2) is 74.3 Å². The summed E-state index contributed by atoms with van der Waals surface area (Å²) in [6, 6.07) is -0.848. The van der Waals surface area contributed by atoms with Crippen molar-refractivity contribution < 1.29 is 37.3 Å². The molecule has 0 fully saturated rings. The number of likely N-dealkylation sites (N-methyl/N-ethyl adjacent to an activating group) is 1. The first kappa shape index (κ1) is 85.0. The fraction of sp³-hybridized carbons (Fsp3) is 0.870. The van der Waals surface area contributed by atoms with Gasteiger partial charge in [0, 0.05) is 12.8 Å². The third-order valence-corrected chi connectivity index (χ3v) is 18.2. The quantitative estimate of drug-likeness (QED) is 0.0205. The van der Waals surface area contributed by atoms with E-state index in [1.54, 1.807) is 0 Å². The molecular formula is C77H148N2O7P+. The third kappa shape index (κ3) is 68.2. The lowest BCUT2D eigenvalue weighted by atomic mass is 10.0. The molecule has 3 unspecified atom stereocenters. The lowest BCUT2D eigenvalue weighted by Gasteiger charge is -2.27. The Morgan fingerprint density at radius 1 is 0.402 bits per heavy atom. The van der Waals surface area contributed by atoms with Crippen molar-refractivity contribution in [1.82, 2.24) is 5.32 Å². The minimum absolute atomic E-state index is 0.0422. The van der Waals surface area contributed by atoms with E-state index in [2.05, 4.69) is 68.6 Å². The Bertz CT molecular complexity index is 1620. The molecule has 0 aliphatic rings. The summed E-state index contributed by atoms with van der Waals surface area (Å²) < 4.78 is 30.9. The number of phosphoric acid groups is 1. The molecule has 2 N–H and O–H groups in total. The molecule has 0 heterocycles. The fourth-order valence-corrected chi connectivity index (χ4v) is 12.1. The van der Waals surface area contributed by atoms with Crippen molar-refractivity contribution in [2.24, 2.45) is 0 Å². The Labute approximate surface area is 541 Å². The van der Waals surface area contributed by atoms with Gasteiger partial charge in [0.1, 0.15) is 19.3 Å². The van der Waals surface area contributed by atoms with Crippen LogP contribution in [0.25, 0.3) is 0 Å². The average molecular weight is 1250 g/mol. The molecule has 9 nitrogen and oxygen atoms in total. The molecule has 0 spiro atoms. The molecule has 1 amide bonds. The molecule has 0 aromatic carbocycles. The summed E-state index contributed by atoms with van der Waals surface area (Å²) >= 11 is 0. The molecule has 0 aromatic heterocycles. The second kappa shape index (κ2) is 66.9. The molecule has 0 bridgehead atoms. The number of rotatable bonds is 70. The second-order valence-corrected chi connectivity index (χ2v) is 28.6. The zero-order valence-corrected chi connectivity index (χ0v) is 59.7. The number of ether oxygens (including phenoxy) is 1. The number of unbranched alkanes of at least 4 members (excludes halogenated alkanes) is 48. The zero-order valence-electron chi connectivity index (χ0n) is 58.8. The standard InChI is InChI=1S/C77H147N2O7P/c1-7-10-13-16-19-22-25-28-30-32-34-36-38-39-41-42-44-46-48-51-54-57-60-63-66-69-76(80)78-74(73-85-87(82,83)84-72-71-79(4,5)6)75(68-65-62-59-56-53-50-27-24-21-18-15-12-9-3)86-77(81)70-67-64-61-58-55-52-49-47-45-43-40-37-35-33-31-29-26-23-20-17-14-11-8-2/h19,22,28-31,65,68,74-75H,7-18,20-21,23-27,32-64,66-67,69-73H2,1-6H3,(H-,78,80,82,83)/p+1/b22-19-,30-28-,31-29+,68-65+. The summed E-state index contributed by atoms with van der Waals surface area (Å²) in [4.78, 5) is 38.0. The number of amides is 1. The first-order valence-electron chi connectivity index (χ1n) is 38.0. The van der Waals surface area contributed by atoms with Crippen LogP contribution >= 0.6 is 7.82 Å². The Morgan fingerprint density at radius 3 is 1.07 bits per heavy atom. The molecule has 0 radical (unpaired) electrons. The molecule has 0 aromatic rings. The van der Waals surface area contributed by atoms with E-state index in [1.807, 2.05) is 27.2 Å². The third-order valence-electron chi connectivity index (χ3n) is 17.2. The monoisotopic (exact) mass is 1240 g/mol. The number of carbonyl (C=O) groups is 2. The van der Waals surface area contributed by atoms with Gasteiger partial charge in [-0.3, -0.25) is 18.6 Å². The fourth-order valence-electron chi connectivity index (χ4n) is 11.4. The van der Waals surface area contributed by atoms with E-state index in [1.165, 1.54) is 283 Å². The Kier molecular flexibility index (Phi) is 65.3. The van der Waals surface area contributed by atoms with Crippen molar-refractivity contribution >= 4 is 19.7 Å². The Morgan fingerprint density at radius 2 is 0.701 bits per heavy atom. The van der Waals surface area contributed by atoms with E-state index in [0.29, 0.717) is 23.9 Å². The SMILES string of the molecule is CCCCC/C=C\C/C=C\CCCCCCCCCCCCCCCCCC(=O)NC(COP(=O)(O)OCC[N+](C)(C)C)C(/C=C/CCCCCCCCCCCCC)OC(=O)CCCCCCCCCCCCCCC/C=C/CCCCCCCC. The van der Waals surface area contributed by atoms with Crippen LogP contribution in [0.15, 0.2) is 48.6 Å². The lowest BCUT2D eigenvalue weighted by molar-refractivity contribution is -0.870. The number of nitrogens with one attached hydrogen (secondary N) is 1. The van der Waals surface area contributed by atoms with Crippen molar-refractivity contribution in [3.8, 4) is 0 Å². The van der Waals surface area contributed by atoms with Crippen LogP contribution < -0.4 is 5.32 Å². The summed E-state index contributed by atoms with van der Waals surface area (Å²) in [5.74, 6) is -0.485. The number of esters is 1. The van der Waals surface area contributed by atoms with Crippen LogP contribution in [0.3, 0.4) is 0 Å². The van der Waals surface area contributed by atoms with Gasteiger partial charge in [0.2, 0.25) is 5.91 Å². The maximum atomic E-state index is 13.7. The zero-order chi connectivity index (χ0) is 63.5.